The third-order valence-corrected chi connectivity index (χ3v) is 4.11. The average molecular weight is 274 g/mol. The molecule has 20 heavy (non-hydrogen) atoms. The SMILES string of the molecule is O=C(O)c1ccc2c(c1)CN(CC(=O)N1CCC1)CC2. The van der Waals surface area contributed by atoms with Crippen molar-refractivity contribution < 1.29 is 14.7 Å². The summed E-state index contributed by atoms with van der Waals surface area (Å²) in [7, 11) is 0. The third-order valence-electron chi connectivity index (χ3n) is 4.11. The van der Waals surface area contributed by atoms with Crippen LogP contribution < -0.4 is 0 Å². The molecule has 0 saturated carbocycles. The summed E-state index contributed by atoms with van der Waals surface area (Å²) in [6.07, 6.45) is 1.99. The van der Waals surface area contributed by atoms with Crippen LogP contribution >= 0.6 is 0 Å². The molecule has 0 aromatic heterocycles. The fourth-order valence-corrected chi connectivity index (χ4v) is 2.74. The molecule has 1 N–H and O–H groups in total. The maximum atomic E-state index is 12.0. The molecule has 1 aromatic carbocycles. The molecule has 0 spiro atoms. The third kappa shape index (κ3) is 2.54. The van der Waals surface area contributed by atoms with Crippen molar-refractivity contribution in [2.75, 3.05) is 26.2 Å². The van der Waals surface area contributed by atoms with E-state index in [4.69, 9.17) is 5.11 Å². The second-order valence-electron chi connectivity index (χ2n) is 5.48. The fraction of sp³-hybridized carbons (Fsp3) is 0.467. The van der Waals surface area contributed by atoms with E-state index in [0.29, 0.717) is 18.7 Å². The molecule has 1 fully saturated rings. The number of nitrogens with zero attached hydrogens (tertiary/aromatic N) is 2. The van der Waals surface area contributed by atoms with Gasteiger partial charge in [-0.05, 0) is 36.1 Å². The lowest BCUT2D eigenvalue weighted by Crippen LogP contribution is -2.47. The van der Waals surface area contributed by atoms with E-state index in [0.717, 1.165) is 38.0 Å². The summed E-state index contributed by atoms with van der Waals surface area (Å²) < 4.78 is 0. The molecule has 0 atom stereocenters. The quantitative estimate of drug-likeness (QED) is 0.892. The molecular formula is C15H18N2O3. The number of carboxylic acid groups (broad SMARTS) is 1. The van der Waals surface area contributed by atoms with E-state index in [1.807, 2.05) is 11.0 Å². The molecule has 5 heteroatoms. The number of benzene rings is 1. The number of amides is 1. The van der Waals surface area contributed by atoms with Crippen LogP contribution in [-0.2, 0) is 17.8 Å². The second-order valence-corrected chi connectivity index (χ2v) is 5.48. The smallest absolute Gasteiger partial charge is 0.335 e. The van der Waals surface area contributed by atoms with Crippen LogP contribution in [-0.4, -0.2) is 53.0 Å². The highest BCUT2D eigenvalue weighted by atomic mass is 16.4. The molecule has 2 heterocycles. The Kier molecular flexibility index (Phi) is 3.44. The number of rotatable bonds is 3. The van der Waals surface area contributed by atoms with Crippen molar-refractivity contribution >= 4 is 11.9 Å². The average Bonchev–Trinajstić information content (AvgIpc) is 2.35. The normalized spacial score (nSPS) is 18.3. The van der Waals surface area contributed by atoms with Gasteiger partial charge < -0.3 is 10.0 Å². The molecule has 0 unspecified atom stereocenters. The van der Waals surface area contributed by atoms with Crippen molar-refractivity contribution in [3.05, 3.63) is 34.9 Å². The Morgan fingerprint density at radius 1 is 1.15 bits per heavy atom. The van der Waals surface area contributed by atoms with Gasteiger partial charge in [-0.2, -0.15) is 0 Å². The van der Waals surface area contributed by atoms with E-state index >= 15 is 0 Å². The van der Waals surface area contributed by atoms with Crippen molar-refractivity contribution in [2.45, 2.75) is 19.4 Å². The first-order valence-electron chi connectivity index (χ1n) is 6.99. The van der Waals surface area contributed by atoms with Gasteiger partial charge >= 0.3 is 5.97 Å². The Morgan fingerprint density at radius 3 is 2.60 bits per heavy atom. The van der Waals surface area contributed by atoms with E-state index < -0.39 is 5.97 Å². The van der Waals surface area contributed by atoms with Crippen LogP contribution in [0.5, 0.6) is 0 Å². The molecular weight excluding hydrogens is 256 g/mol. The van der Waals surface area contributed by atoms with Crippen LogP contribution in [0.25, 0.3) is 0 Å². The number of fused-ring (bicyclic) bond motifs is 1. The van der Waals surface area contributed by atoms with Gasteiger partial charge in [0, 0.05) is 26.2 Å². The van der Waals surface area contributed by atoms with E-state index in [1.165, 1.54) is 5.56 Å². The Morgan fingerprint density at radius 2 is 1.95 bits per heavy atom. The predicted octanol–water partition coefficient (Wildman–Crippen LogP) is 0.975. The molecule has 106 valence electrons. The molecule has 1 amide bonds. The molecule has 2 aliphatic rings. The molecule has 5 nitrogen and oxygen atoms in total. The fourth-order valence-electron chi connectivity index (χ4n) is 2.74. The number of carbonyl (C=O) groups excluding carboxylic acids is 1. The topological polar surface area (TPSA) is 60.9 Å². The Hall–Kier alpha value is -1.88. The van der Waals surface area contributed by atoms with Gasteiger partial charge in [0.2, 0.25) is 5.91 Å². The monoisotopic (exact) mass is 274 g/mol. The number of hydrogen-bond acceptors (Lipinski definition) is 3. The minimum absolute atomic E-state index is 0.189. The largest absolute Gasteiger partial charge is 0.478 e. The van der Waals surface area contributed by atoms with Crippen LogP contribution in [0.4, 0.5) is 0 Å². The number of likely N-dealkylation sites (tertiary alicyclic amines) is 1. The van der Waals surface area contributed by atoms with Crippen LogP contribution in [0.15, 0.2) is 18.2 Å². The Balaban J connectivity index is 1.68. The first-order valence-corrected chi connectivity index (χ1v) is 6.99. The van der Waals surface area contributed by atoms with Crippen LogP contribution in [0, 0.1) is 0 Å². The molecule has 0 radical (unpaired) electrons. The molecule has 0 bridgehead atoms. The van der Waals surface area contributed by atoms with Crippen molar-refractivity contribution in [1.29, 1.82) is 0 Å². The number of hydrogen-bond donors (Lipinski definition) is 1. The van der Waals surface area contributed by atoms with E-state index in [1.54, 1.807) is 12.1 Å². The highest BCUT2D eigenvalue weighted by molar-refractivity contribution is 5.88. The molecule has 1 aromatic rings. The zero-order valence-corrected chi connectivity index (χ0v) is 11.3. The molecule has 2 aliphatic heterocycles. The summed E-state index contributed by atoms with van der Waals surface area (Å²) in [6.45, 7) is 3.73. The molecule has 1 saturated heterocycles. The van der Waals surface area contributed by atoms with E-state index in [-0.39, 0.29) is 5.91 Å². The van der Waals surface area contributed by atoms with Crippen molar-refractivity contribution in [2.24, 2.45) is 0 Å². The van der Waals surface area contributed by atoms with Crippen molar-refractivity contribution in [3.8, 4) is 0 Å². The van der Waals surface area contributed by atoms with Gasteiger partial charge in [-0.25, -0.2) is 4.79 Å². The zero-order chi connectivity index (χ0) is 14.1. The minimum atomic E-state index is -0.901. The molecule has 0 aliphatic carbocycles. The predicted molar refractivity (Wildman–Crippen MR) is 73.6 cm³/mol. The van der Waals surface area contributed by atoms with Gasteiger partial charge in [0.15, 0.2) is 0 Å². The summed E-state index contributed by atoms with van der Waals surface area (Å²) in [5, 5.41) is 9.04. The first kappa shape index (κ1) is 13.1. The molecule has 3 rings (SSSR count). The van der Waals surface area contributed by atoms with Gasteiger partial charge in [-0.3, -0.25) is 9.69 Å². The zero-order valence-electron chi connectivity index (χ0n) is 11.3. The summed E-state index contributed by atoms with van der Waals surface area (Å²) in [6, 6.07) is 5.29. The lowest BCUT2D eigenvalue weighted by Gasteiger charge is -2.34. The summed E-state index contributed by atoms with van der Waals surface area (Å²) in [5.41, 5.74) is 2.55. The highest BCUT2D eigenvalue weighted by Crippen LogP contribution is 2.21. The standard InChI is InChI=1S/C15H18N2O3/c18-14(17-5-1-6-17)10-16-7-4-11-2-3-12(15(19)20)8-13(11)9-16/h2-3,8H,1,4-7,9-10H2,(H,19,20). The van der Waals surface area contributed by atoms with Gasteiger partial charge in [0.1, 0.15) is 0 Å². The summed E-state index contributed by atoms with van der Waals surface area (Å²) in [5.74, 6) is -0.712. The van der Waals surface area contributed by atoms with Crippen LogP contribution in [0.1, 0.15) is 27.9 Å². The maximum Gasteiger partial charge on any atom is 0.335 e. The van der Waals surface area contributed by atoms with Gasteiger partial charge in [0.25, 0.3) is 0 Å². The Labute approximate surface area is 117 Å². The van der Waals surface area contributed by atoms with Crippen LogP contribution in [0.3, 0.4) is 0 Å². The van der Waals surface area contributed by atoms with Crippen molar-refractivity contribution in [3.63, 3.8) is 0 Å². The van der Waals surface area contributed by atoms with Gasteiger partial charge in [-0.15, -0.1) is 0 Å². The van der Waals surface area contributed by atoms with Gasteiger partial charge in [-0.1, -0.05) is 6.07 Å². The summed E-state index contributed by atoms with van der Waals surface area (Å²) >= 11 is 0. The lowest BCUT2D eigenvalue weighted by atomic mass is 9.97. The first-order chi connectivity index (χ1) is 9.63. The second kappa shape index (κ2) is 5.25. The Bertz CT molecular complexity index is 552. The summed E-state index contributed by atoms with van der Waals surface area (Å²) in [4.78, 5) is 27.0. The maximum absolute atomic E-state index is 12.0. The number of carboxylic acids is 1. The lowest BCUT2D eigenvalue weighted by molar-refractivity contribution is -0.136. The van der Waals surface area contributed by atoms with E-state index in [2.05, 4.69) is 4.90 Å². The van der Waals surface area contributed by atoms with Crippen LogP contribution in [0.2, 0.25) is 0 Å². The van der Waals surface area contributed by atoms with Gasteiger partial charge in [0.05, 0.1) is 12.1 Å². The number of aromatic carboxylic acids is 1. The number of carbonyl (C=O) groups is 2. The minimum Gasteiger partial charge on any atom is -0.478 e. The van der Waals surface area contributed by atoms with Crippen molar-refractivity contribution in [1.82, 2.24) is 9.80 Å². The van der Waals surface area contributed by atoms with E-state index in [9.17, 15) is 9.59 Å². The highest BCUT2D eigenvalue weighted by Gasteiger charge is 2.24.